The number of carbonyl (C=O) groups is 1. The van der Waals surface area contributed by atoms with Gasteiger partial charge in [0, 0.05) is 5.56 Å². The van der Waals surface area contributed by atoms with Crippen molar-refractivity contribution in [2.24, 2.45) is 0 Å². The molecule has 5 nitrogen and oxygen atoms in total. The van der Waals surface area contributed by atoms with E-state index in [0.717, 1.165) is 18.4 Å². The van der Waals surface area contributed by atoms with Crippen LogP contribution in [0.15, 0.2) is 71.5 Å². The summed E-state index contributed by atoms with van der Waals surface area (Å²) >= 11 is 0. The summed E-state index contributed by atoms with van der Waals surface area (Å²) in [5.41, 5.74) is 4.81. The van der Waals surface area contributed by atoms with Gasteiger partial charge in [-0.3, -0.25) is 9.36 Å². The van der Waals surface area contributed by atoms with Crippen LogP contribution in [0.25, 0.3) is 11.0 Å². The molecule has 1 amide bonds. The fourth-order valence-electron chi connectivity index (χ4n) is 4.18. The topological polar surface area (TPSA) is 66.9 Å². The third-order valence-corrected chi connectivity index (χ3v) is 5.73. The average molecular weight is 401 g/mol. The van der Waals surface area contributed by atoms with Crippen molar-refractivity contribution in [2.45, 2.75) is 25.4 Å². The molecule has 0 aliphatic heterocycles. The summed E-state index contributed by atoms with van der Waals surface area (Å²) in [6, 6.07) is 19.4. The van der Waals surface area contributed by atoms with Gasteiger partial charge >= 0.3 is 5.69 Å². The SMILES string of the molecule is O=C(N[C@H]1CCc2ccccc21)c1ccc2c(c1)[nH]c(=O)n2Cc1ccc(F)cc1. The largest absolute Gasteiger partial charge is 0.345 e. The molecule has 150 valence electrons. The van der Waals surface area contributed by atoms with Crippen molar-refractivity contribution in [1.82, 2.24) is 14.9 Å². The Morgan fingerprint density at radius 3 is 2.73 bits per heavy atom. The van der Waals surface area contributed by atoms with Gasteiger partial charge in [-0.2, -0.15) is 0 Å². The van der Waals surface area contributed by atoms with Gasteiger partial charge in [-0.25, -0.2) is 9.18 Å². The van der Waals surface area contributed by atoms with Gasteiger partial charge in [-0.1, -0.05) is 36.4 Å². The van der Waals surface area contributed by atoms with Gasteiger partial charge in [-0.15, -0.1) is 0 Å². The number of fused-ring (bicyclic) bond motifs is 2. The highest BCUT2D eigenvalue weighted by Gasteiger charge is 2.24. The van der Waals surface area contributed by atoms with E-state index in [9.17, 15) is 14.0 Å². The quantitative estimate of drug-likeness (QED) is 0.544. The maximum absolute atomic E-state index is 13.1. The first-order valence-electron chi connectivity index (χ1n) is 9.94. The number of aromatic amines is 1. The van der Waals surface area contributed by atoms with E-state index >= 15 is 0 Å². The van der Waals surface area contributed by atoms with Gasteiger partial charge in [0.1, 0.15) is 5.82 Å². The average Bonchev–Trinajstić information content (AvgIpc) is 3.30. The Hall–Kier alpha value is -3.67. The van der Waals surface area contributed by atoms with Crippen LogP contribution in [0, 0.1) is 5.82 Å². The summed E-state index contributed by atoms with van der Waals surface area (Å²) < 4.78 is 14.7. The number of halogens is 1. The van der Waals surface area contributed by atoms with E-state index in [1.807, 2.05) is 12.1 Å². The van der Waals surface area contributed by atoms with E-state index in [0.29, 0.717) is 23.1 Å². The molecule has 0 bridgehead atoms. The number of benzene rings is 3. The molecule has 5 rings (SSSR count). The summed E-state index contributed by atoms with van der Waals surface area (Å²) in [4.78, 5) is 28.1. The second kappa shape index (κ2) is 7.30. The maximum Gasteiger partial charge on any atom is 0.326 e. The first kappa shape index (κ1) is 18.4. The van der Waals surface area contributed by atoms with Crippen LogP contribution in [0.4, 0.5) is 4.39 Å². The number of nitrogens with one attached hydrogen (secondary N) is 2. The highest BCUT2D eigenvalue weighted by molar-refractivity contribution is 5.97. The van der Waals surface area contributed by atoms with E-state index in [4.69, 9.17) is 0 Å². The van der Waals surface area contributed by atoms with Crippen LogP contribution >= 0.6 is 0 Å². The Bertz CT molecular complexity index is 1300. The number of nitrogens with zero attached hydrogens (tertiary/aromatic N) is 1. The lowest BCUT2D eigenvalue weighted by atomic mass is 10.1. The number of aromatic nitrogens is 2. The summed E-state index contributed by atoms with van der Waals surface area (Å²) in [7, 11) is 0. The van der Waals surface area contributed by atoms with Gasteiger partial charge in [0.25, 0.3) is 5.91 Å². The van der Waals surface area contributed by atoms with E-state index in [2.05, 4.69) is 22.4 Å². The minimum atomic E-state index is -0.314. The standard InChI is InChI=1S/C24H20FN3O2/c25-18-9-5-15(6-10-18)14-28-22-12-8-17(13-21(22)27-24(28)30)23(29)26-20-11-7-16-3-1-2-4-19(16)20/h1-6,8-10,12-13,20H,7,11,14H2,(H,26,29)(H,27,30)/t20-/m0/s1. The Balaban J connectivity index is 1.40. The van der Waals surface area contributed by atoms with Crippen molar-refractivity contribution in [3.63, 3.8) is 0 Å². The van der Waals surface area contributed by atoms with Crippen LogP contribution in [0.5, 0.6) is 0 Å². The fourth-order valence-corrected chi connectivity index (χ4v) is 4.18. The summed E-state index contributed by atoms with van der Waals surface area (Å²) in [6.07, 6.45) is 1.85. The molecule has 0 saturated heterocycles. The molecule has 0 spiro atoms. The minimum Gasteiger partial charge on any atom is -0.345 e. The van der Waals surface area contributed by atoms with Gasteiger partial charge < -0.3 is 10.3 Å². The van der Waals surface area contributed by atoms with Crippen molar-refractivity contribution < 1.29 is 9.18 Å². The number of aryl methyl sites for hydroxylation is 1. The summed E-state index contributed by atoms with van der Waals surface area (Å²) in [6.45, 7) is 0.323. The van der Waals surface area contributed by atoms with Gasteiger partial charge in [0.05, 0.1) is 23.6 Å². The Morgan fingerprint density at radius 1 is 1.10 bits per heavy atom. The van der Waals surface area contributed by atoms with E-state index in [-0.39, 0.29) is 23.5 Å². The van der Waals surface area contributed by atoms with Crippen LogP contribution in [0.1, 0.15) is 39.5 Å². The Kier molecular flexibility index (Phi) is 4.47. The second-order valence-electron chi connectivity index (χ2n) is 7.64. The zero-order valence-electron chi connectivity index (χ0n) is 16.2. The first-order chi connectivity index (χ1) is 14.6. The molecule has 1 aromatic heterocycles. The number of hydrogen-bond donors (Lipinski definition) is 2. The molecule has 0 saturated carbocycles. The van der Waals surface area contributed by atoms with Crippen molar-refractivity contribution in [3.8, 4) is 0 Å². The number of amides is 1. The number of H-pyrrole nitrogens is 1. The van der Waals surface area contributed by atoms with Gasteiger partial charge in [-0.05, 0) is 59.9 Å². The first-order valence-corrected chi connectivity index (χ1v) is 9.94. The molecule has 0 fully saturated rings. The van der Waals surface area contributed by atoms with E-state index < -0.39 is 0 Å². The fraction of sp³-hybridized carbons (Fsp3) is 0.167. The summed E-state index contributed by atoms with van der Waals surface area (Å²) in [5.74, 6) is -0.476. The lowest BCUT2D eigenvalue weighted by Crippen LogP contribution is -2.27. The molecular formula is C24H20FN3O2. The minimum absolute atomic E-state index is 0.00604. The molecule has 4 aromatic rings. The van der Waals surface area contributed by atoms with Crippen LogP contribution in [0.3, 0.4) is 0 Å². The third-order valence-electron chi connectivity index (χ3n) is 5.73. The summed E-state index contributed by atoms with van der Waals surface area (Å²) in [5, 5.41) is 3.11. The lowest BCUT2D eigenvalue weighted by Gasteiger charge is -2.14. The predicted octanol–water partition coefficient (Wildman–Crippen LogP) is 3.93. The number of rotatable bonds is 4. The smallest absolute Gasteiger partial charge is 0.326 e. The van der Waals surface area contributed by atoms with Gasteiger partial charge in [0.15, 0.2) is 0 Å². The molecule has 3 aromatic carbocycles. The molecule has 1 aliphatic rings. The Morgan fingerprint density at radius 2 is 1.90 bits per heavy atom. The van der Waals surface area contributed by atoms with Crippen LogP contribution in [-0.4, -0.2) is 15.5 Å². The molecule has 1 aliphatic carbocycles. The van der Waals surface area contributed by atoms with Crippen molar-refractivity contribution in [1.29, 1.82) is 0 Å². The zero-order chi connectivity index (χ0) is 20.7. The van der Waals surface area contributed by atoms with Crippen LogP contribution in [0.2, 0.25) is 0 Å². The number of imidazole rings is 1. The lowest BCUT2D eigenvalue weighted by molar-refractivity contribution is 0.0937. The maximum atomic E-state index is 13.1. The third kappa shape index (κ3) is 3.30. The molecule has 30 heavy (non-hydrogen) atoms. The van der Waals surface area contributed by atoms with E-state index in [1.165, 1.54) is 23.3 Å². The van der Waals surface area contributed by atoms with E-state index in [1.54, 1.807) is 34.9 Å². The highest BCUT2D eigenvalue weighted by Crippen LogP contribution is 2.31. The Labute approximate surface area is 172 Å². The highest BCUT2D eigenvalue weighted by atomic mass is 19.1. The number of hydrogen-bond acceptors (Lipinski definition) is 2. The second-order valence-corrected chi connectivity index (χ2v) is 7.64. The molecule has 1 atom stereocenters. The zero-order valence-corrected chi connectivity index (χ0v) is 16.2. The van der Waals surface area contributed by atoms with Crippen molar-refractivity contribution in [2.75, 3.05) is 0 Å². The van der Waals surface area contributed by atoms with Crippen LogP contribution in [-0.2, 0) is 13.0 Å². The monoisotopic (exact) mass is 401 g/mol. The van der Waals surface area contributed by atoms with Gasteiger partial charge in [0.2, 0.25) is 0 Å². The normalized spacial score (nSPS) is 15.3. The van der Waals surface area contributed by atoms with Crippen LogP contribution < -0.4 is 11.0 Å². The molecule has 0 radical (unpaired) electrons. The molecule has 2 N–H and O–H groups in total. The molecule has 6 heteroatoms. The number of carbonyl (C=O) groups excluding carboxylic acids is 1. The molecular weight excluding hydrogens is 381 g/mol. The molecule has 1 heterocycles. The van der Waals surface area contributed by atoms with Crippen molar-refractivity contribution in [3.05, 3.63) is 105 Å². The van der Waals surface area contributed by atoms with Crippen molar-refractivity contribution >= 4 is 16.9 Å². The predicted molar refractivity (Wildman–Crippen MR) is 113 cm³/mol. The molecule has 0 unspecified atom stereocenters.